The number of benzene rings is 4. The van der Waals surface area contributed by atoms with Crippen LogP contribution in [0.15, 0.2) is 148 Å². The summed E-state index contributed by atoms with van der Waals surface area (Å²) in [6, 6.07) is 32.1. The first-order valence-corrected chi connectivity index (χ1v) is 21.3. The predicted octanol–water partition coefficient (Wildman–Crippen LogP) is 10.3. The summed E-state index contributed by atoms with van der Waals surface area (Å²) in [4.78, 5) is 92.1. The van der Waals surface area contributed by atoms with Crippen molar-refractivity contribution in [2.75, 3.05) is 5.43 Å². The van der Waals surface area contributed by atoms with E-state index in [-0.39, 0.29) is 45.6 Å². The van der Waals surface area contributed by atoms with Crippen molar-refractivity contribution in [3.8, 4) is 12.1 Å². The third-order valence-corrected chi connectivity index (χ3v) is 13.3. The van der Waals surface area contributed by atoms with Gasteiger partial charge in [0.15, 0.2) is 0 Å². The summed E-state index contributed by atoms with van der Waals surface area (Å²) < 4.78 is 0.489. The van der Waals surface area contributed by atoms with Crippen LogP contribution in [0.1, 0.15) is 40.8 Å². The smallest absolute Gasteiger partial charge is 0.269 e. The van der Waals surface area contributed by atoms with Crippen molar-refractivity contribution < 1.29 is 24.0 Å². The molecule has 0 aromatic heterocycles. The molecule has 64 heavy (non-hydrogen) atoms. The van der Waals surface area contributed by atoms with Crippen LogP contribution in [0.5, 0.6) is 0 Å². The van der Waals surface area contributed by atoms with E-state index < -0.39 is 43.3 Å². The zero-order chi connectivity index (χ0) is 46.8. The molecule has 318 valence electrons. The summed E-state index contributed by atoms with van der Waals surface area (Å²) in [6.07, 6.45) is 0. The lowest BCUT2D eigenvalue weighted by Crippen LogP contribution is -2.29. The van der Waals surface area contributed by atoms with Gasteiger partial charge in [-0.1, -0.05) is 136 Å². The Morgan fingerprint density at radius 2 is 0.891 bits per heavy atom. The number of nitriles is 2. The Morgan fingerprint density at radius 3 is 1.28 bits per heavy atom. The van der Waals surface area contributed by atoms with E-state index in [1.165, 1.54) is 0 Å². The van der Waals surface area contributed by atoms with Crippen molar-refractivity contribution in [3.05, 3.63) is 194 Å². The van der Waals surface area contributed by atoms with Gasteiger partial charge in [-0.15, -0.1) is 27.6 Å². The van der Waals surface area contributed by atoms with E-state index in [0.29, 0.717) is 38.8 Å². The molecule has 13 nitrogen and oxygen atoms in total. The van der Waals surface area contributed by atoms with Crippen LogP contribution < -0.4 is 21.7 Å². The number of carbonyl (C=O) groups excluding carboxylic acids is 5. The van der Waals surface area contributed by atoms with Gasteiger partial charge >= 0.3 is 0 Å². The van der Waals surface area contributed by atoms with Gasteiger partial charge in [0.1, 0.15) is 57.8 Å². The largest absolute Gasteiger partial charge is 0.298 e. The average molecular weight is 1010 g/mol. The van der Waals surface area contributed by atoms with Crippen LogP contribution in [-0.4, -0.2) is 29.0 Å². The number of rotatable bonds is 4. The molecular formula is C43H19Cl6N5O8S2. The maximum absolute atomic E-state index is 12.4. The highest BCUT2D eigenvalue weighted by Gasteiger charge is 2.31. The van der Waals surface area contributed by atoms with Crippen molar-refractivity contribution in [2.24, 2.45) is 5.18 Å². The molecule has 21 heteroatoms. The summed E-state index contributed by atoms with van der Waals surface area (Å²) >= 11 is 34.5. The predicted molar refractivity (Wildman–Crippen MR) is 248 cm³/mol. The molecule has 0 atom stereocenters. The van der Waals surface area contributed by atoms with E-state index in [4.69, 9.17) is 80.1 Å². The molecule has 0 saturated carbocycles. The van der Waals surface area contributed by atoms with Gasteiger partial charge in [-0.05, 0) is 41.6 Å². The van der Waals surface area contributed by atoms with Crippen molar-refractivity contribution in [1.82, 2.24) is 5.43 Å². The van der Waals surface area contributed by atoms with Gasteiger partial charge in [-0.3, -0.25) is 44.4 Å². The third kappa shape index (κ3) is 10.7. The molecule has 4 aromatic rings. The molecule has 0 radical (unpaired) electrons. The maximum Gasteiger partial charge on any atom is 0.269 e. The number of hydrogen-bond donors (Lipinski definition) is 2. The van der Waals surface area contributed by atoms with Crippen LogP contribution in [0.25, 0.3) is 10.8 Å². The molecule has 0 saturated heterocycles. The molecule has 0 bridgehead atoms. The lowest BCUT2D eigenvalue weighted by atomic mass is 9.95. The monoisotopic (exact) mass is 1010 g/mol. The second kappa shape index (κ2) is 21.8. The molecule has 4 aromatic carbocycles. The SMILES string of the molecule is N#Cc1sc2c(=O)c3ccccc3c(=O)c=2sc1C#N.O=C1C(Cl)=C(Cl)C(=O)C(Cl)=C1Cl.O=C1C(Cl)=C(Cl)C(=O)c2ccccc21.O=Nc1ccc(NNC(=O)c2ccccc2)cc1. The Morgan fingerprint density at radius 1 is 0.516 bits per heavy atom. The number of allylic oxidation sites excluding steroid dienone is 6. The fourth-order valence-electron chi connectivity index (χ4n) is 5.26. The summed E-state index contributed by atoms with van der Waals surface area (Å²) in [5.41, 5.74) is 6.98. The molecule has 0 unspecified atom stereocenters. The Kier molecular flexibility index (Phi) is 16.6. The topological polar surface area (TPSA) is 221 Å². The van der Waals surface area contributed by atoms with E-state index >= 15 is 0 Å². The van der Waals surface area contributed by atoms with Crippen molar-refractivity contribution >= 4 is 143 Å². The number of Topliss-reactive ketones (excluding diaryl/α,β-unsaturated/α-hetero) is 4. The van der Waals surface area contributed by atoms with Crippen LogP contribution in [0.3, 0.4) is 0 Å². The minimum absolute atomic E-state index is 0.164. The molecule has 1 heterocycles. The molecule has 0 spiro atoms. The molecule has 1 aliphatic heterocycles. The van der Waals surface area contributed by atoms with Gasteiger partial charge in [0, 0.05) is 27.5 Å². The lowest BCUT2D eigenvalue weighted by Gasteiger charge is -2.12. The Hall–Kier alpha value is -6.37. The van der Waals surface area contributed by atoms with Gasteiger partial charge in [0.25, 0.3) is 5.91 Å². The van der Waals surface area contributed by atoms with E-state index in [1.807, 2.05) is 18.2 Å². The number of anilines is 1. The first-order valence-electron chi connectivity index (χ1n) is 17.4. The van der Waals surface area contributed by atoms with E-state index in [0.717, 1.165) is 22.7 Å². The molecular weight excluding hydrogens is 991 g/mol. The second-order valence-electron chi connectivity index (χ2n) is 12.3. The minimum atomic E-state index is -0.729. The van der Waals surface area contributed by atoms with Gasteiger partial charge < -0.3 is 0 Å². The fraction of sp³-hybridized carbons (Fsp3) is 0. The quantitative estimate of drug-likeness (QED) is 0.0961. The van der Waals surface area contributed by atoms with E-state index in [1.54, 1.807) is 97.1 Å². The number of nitrogens with zero attached hydrogens (tertiary/aromatic N) is 3. The summed E-state index contributed by atoms with van der Waals surface area (Å²) in [6.45, 7) is 0. The normalized spacial score (nSPS) is 13.0. The summed E-state index contributed by atoms with van der Waals surface area (Å²) in [7, 11) is 0. The van der Waals surface area contributed by atoms with Crippen LogP contribution in [0.2, 0.25) is 0 Å². The van der Waals surface area contributed by atoms with Gasteiger partial charge in [-0.25, -0.2) is 0 Å². The van der Waals surface area contributed by atoms with Gasteiger partial charge in [0.05, 0.1) is 14.8 Å². The molecule has 3 aliphatic carbocycles. The number of halogens is 6. The number of ketones is 4. The van der Waals surface area contributed by atoms with Crippen molar-refractivity contribution in [2.45, 2.75) is 0 Å². The zero-order valence-corrected chi connectivity index (χ0v) is 37.7. The lowest BCUT2D eigenvalue weighted by molar-refractivity contribution is -0.114. The molecule has 0 fully saturated rings. The van der Waals surface area contributed by atoms with Crippen LogP contribution in [0, 0.1) is 36.6 Å². The molecule has 8 rings (SSSR count). The van der Waals surface area contributed by atoms with Crippen LogP contribution in [0.4, 0.5) is 11.4 Å². The molecule has 1 amide bonds. The van der Waals surface area contributed by atoms with E-state index in [9.17, 15) is 38.5 Å². The first kappa shape index (κ1) is 48.7. The zero-order valence-electron chi connectivity index (χ0n) is 31.5. The average Bonchev–Trinajstić information content (AvgIpc) is 3.34. The van der Waals surface area contributed by atoms with Crippen LogP contribution >= 0.6 is 92.3 Å². The standard InChI is InChI=1S/C14H4N2O2S2.C13H11N3O2.C10H4Cl2O2.C6Cl4O2/c15-5-9-10(6-16)20-14-12(18)8-4-2-1-3-7(8)11(17)13(14)19-9;17-13(10-4-2-1-3-5-10)15-14-11-6-8-12(16-18)9-7-11;11-7-8(12)10(14)6-4-2-1-3-5(6)9(7)13;7-1-2(8)6(12)4(10)3(9)5(1)11/h1-4H;1-9,14H,(H,15,17);1-4H;. The number of amides is 1. The van der Waals surface area contributed by atoms with Gasteiger partial charge in [0.2, 0.25) is 34.0 Å². The number of nitrogens with one attached hydrogen (secondary N) is 2. The molecule has 2 N–H and O–H groups in total. The number of nitroso groups, excluding NO2 is 1. The minimum Gasteiger partial charge on any atom is -0.298 e. The Labute approximate surface area is 397 Å². The highest BCUT2D eigenvalue weighted by atomic mass is 35.5. The molecule has 4 aliphatic rings. The van der Waals surface area contributed by atoms with Crippen molar-refractivity contribution in [3.63, 3.8) is 0 Å². The highest BCUT2D eigenvalue weighted by molar-refractivity contribution is 7.18. The highest BCUT2D eigenvalue weighted by Crippen LogP contribution is 2.33. The summed E-state index contributed by atoms with van der Waals surface area (Å²) in [5, 5.41) is 19.6. The second-order valence-corrected chi connectivity index (χ2v) is 16.6. The third-order valence-electron chi connectivity index (χ3n) is 8.37. The van der Waals surface area contributed by atoms with Crippen LogP contribution in [-0.2, 0) is 9.59 Å². The fourth-order valence-corrected chi connectivity index (χ4v) is 8.51. The first-order chi connectivity index (χ1) is 30.6. The number of carbonyl (C=O) groups is 5. The summed E-state index contributed by atoms with van der Waals surface area (Å²) in [5.74, 6) is -2.48. The number of hydrazine groups is 1. The van der Waals surface area contributed by atoms with Crippen molar-refractivity contribution in [1.29, 1.82) is 10.5 Å². The van der Waals surface area contributed by atoms with E-state index in [2.05, 4.69) is 16.0 Å². The Balaban J connectivity index is 0.000000164. The number of hydrogen-bond acceptors (Lipinski definition) is 14. The Bertz CT molecular complexity index is 3130. The van der Waals surface area contributed by atoms with Gasteiger partial charge in [-0.2, -0.15) is 10.5 Å². The number of fused-ring (bicyclic) bond motifs is 2. The maximum atomic E-state index is 12.4.